The first-order chi connectivity index (χ1) is 10.7. The van der Waals surface area contributed by atoms with Crippen LogP contribution >= 0.6 is 0 Å². The van der Waals surface area contributed by atoms with Crippen molar-refractivity contribution in [2.45, 2.75) is 12.8 Å². The number of aryl methyl sites for hydroxylation is 1. The fourth-order valence-corrected chi connectivity index (χ4v) is 2.49. The van der Waals surface area contributed by atoms with Crippen molar-refractivity contribution in [2.75, 3.05) is 5.32 Å². The van der Waals surface area contributed by atoms with Gasteiger partial charge in [-0.1, -0.05) is 48.5 Å². The van der Waals surface area contributed by atoms with Crippen LogP contribution in [0, 0.1) is 0 Å². The number of nitrogens with one attached hydrogen (secondary N) is 1. The van der Waals surface area contributed by atoms with E-state index in [4.69, 9.17) is 0 Å². The van der Waals surface area contributed by atoms with Crippen LogP contribution in [-0.2, 0) is 16.0 Å². The van der Waals surface area contributed by atoms with Crippen LogP contribution in [-0.4, -0.2) is 11.7 Å². The van der Waals surface area contributed by atoms with E-state index in [1.807, 2.05) is 30.3 Å². The van der Waals surface area contributed by atoms with Gasteiger partial charge in [0.05, 0.1) is 5.57 Å². The van der Waals surface area contributed by atoms with Gasteiger partial charge in [0.25, 0.3) is 5.91 Å². The first kappa shape index (κ1) is 14.2. The number of benzene rings is 2. The van der Waals surface area contributed by atoms with E-state index >= 15 is 0 Å². The van der Waals surface area contributed by atoms with Crippen molar-refractivity contribution in [3.63, 3.8) is 0 Å². The lowest BCUT2D eigenvalue weighted by atomic mass is 10.0. The number of para-hydroxylation sites is 1. The quantitative estimate of drug-likeness (QED) is 0.877. The zero-order chi connectivity index (χ0) is 15.5. The maximum atomic E-state index is 14.4. The molecule has 110 valence electrons. The first-order valence-electron chi connectivity index (χ1n) is 7.04. The third-order valence-corrected chi connectivity index (χ3v) is 3.62. The van der Waals surface area contributed by atoms with E-state index in [0.717, 1.165) is 5.56 Å². The molecule has 2 aromatic carbocycles. The molecular formula is C18H14FNO2. The zero-order valence-corrected chi connectivity index (χ0v) is 11.8. The predicted octanol–water partition coefficient (Wildman–Crippen LogP) is 3.52. The van der Waals surface area contributed by atoms with Gasteiger partial charge in [-0.3, -0.25) is 9.59 Å². The molecule has 0 unspecified atom stereocenters. The fraction of sp³-hybridized carbons (Fsp3) is 0.111. The van der Waals surface area contributed by atoms with Crippen molar-refractivity contribution in [3.05, 3.63) is 71.6 Å². The fourth-order valence-electron chi connectivity index (χ4n) is 2.49. The Morgan fingerprint density at radius 1 is 1.00 bits per heavy atom. The monoisotopic (exact) mass is 295 g/mol. The zero-order valence-electron chi connectivity index (χ0n) is 11.8. The second kappa shape index (κ2) is 5.93. The molecule has 0 fully saturated rings. The number of anilines is 1. The summed E-state index contributed by atoms with van der Waals surface area (Å²) in [6.07, 6.45) is 0.485. The summed E-state index contributed by atoms with van der Waals surface area (Å²) in [6, 6.07) is 16.2. The summed E-state index contributed by atoms with van der Waals surface area (Å²) in [5.41, 5.74) is 1.78. The van der Waals surface area contributed by atoms with Crippen molar-refractivity contribution < 1.29 is 14.0 Å². The minimum absolute atomic E-state index is 0.0365. The molecule has 0 saturated carbocycles. The topological polar surface area (TPSA) is 46.2 Å². The molecule has 4 heteroatoms. The van der Waals surface area contributed by atoms with Crippen molar-refractivity contribution in [3.8, 4) is 0 Å². The van der Waals surface area contributed by atoms with Gasteiger partial charge in [-0.15, -0.1) is 0 Å². The summed E-state index contributed by atoms with van der Waals surface area (Å²) in [5, 5.41) is 2.57. The molecular weight excluding hydrogens is 281 g/mol. The molecule has 0 radical (unpaired) electrons. The molecule has 0 spiro atoms. The summed E-state index contributed by atoms with van der Waals surface area (Å²) in [6.45, 7) is 0. The van der Waals surface area contributed by atoms with Gasteiger partial charge >= 0.3 is 0 Å². The Morgan fingerprint density at radius 2 is 1.68 bits per heavy atom. The Kier molecular flexibility index (Phi) is 3.83. The van der Waals surface area contributed by atoms with Crippen LogP contribution in [0.2, 0.25) is 0 Å². The number of carbonyl (C=O) groups excluding carboxylic acids is 2. The third kappa shape index (κ3) is 2.68. The Morgan fingerprint density at radius 3 is 2.45 bits per heavy atom. The highest BCUT2D eigenvalue weighted by Gasteiger charge is 2.30. The molecule has 0 aromatic heterocycles. The highest BCUT2D eigenvalue weighted by atomic mass is 19.1. The van der Waals surface area contributed by atoms with Crippen LogP contribution in [0.5, 0.6) is 0 Å². The second-order valence-electron chi connectivity index (χ2n) is 5.10. The van der Waals surface area contributed by atoms with Crippen LogP contribution < -0.4 is 5.32 Å². The van der Waals surface area contributed by atoms with Gasteiger partial charge < -0.3 is 5.32 Å². The molecule has 3 nitrogen and oxygen atoms in total. The molecule has 0 saturated heterocycles. The average molecular weight is 295 g/mol. The number of Topliss-reactive ketones (excluding diaryl/α,β-unsaturated/α-hetero) is 1. The lowest BCUT2D eigenvalue weighted by molar-refractivity contribution is -0.117. The van der Waals surface area contributed by atoms with E-state index in [2.05, 4.69) is 5.32 Å². The molecule has 1 aliphatic rings. The van der Waals surface area contributed by atoms with Crippen molar-refractivity contribution in [1.29, 1.82) is 0 Å². The SMILES string of the molecule is O=C(CCc1ccccc1)/C(F)=C1\C(=O)Nc2ccccc21. The average Bonchev–Trinajstić information content (AvgIpc) is 2.88. The number of hydrogen-bond acceptors (Lipinski definition) is 2. The Balaban J connectivity index is 1.82. The molecule has 0 bridgehead atoms. The summed E-state index contributed by atoms with van der Waals surface area (Å²) in [7, 11) is 0. The van der Waals surface area contributed by atoms with Crippen molar-refractivity contribution >= 4 is 23.0 Å². The van der Waals surface area contributed by atoms with Gasteiger partial charge in [-0.05, 0) is 18.1 Å². The number of halogens is 1. The molecule has 0 atom stereocenters. The maximum absolute atomic E-state index is 14.4. The molecule has 0 aliphatic carbocycles. The number of ketones is 1. The highest BCUT2D eigenvalue weighted by molar-refractivity contribution is 6.34. The number of fused-ring (bicyclic) bond motifs is 1. The van der Waals surface area contributed by atoms with Crippen LogP contribution in [0.25, 0.3) is 5.57 Å². The van der Waals surface area contributed by atoms with Crippen LogP contribution in [0.15, 0.2) is 60.4 Å². The minimum atomic E-state index is -0.960. The summed E-state index contributed by atoms with van der Waals surface area (Å²) in [4.78, 5) is 23.9. The number of carbonyl (C=O) groups is 2. The largest absolute Gasteiger partial charge is 0.321 e. The molecule has 1 amide bonds. The standard InChI is InChI=1S/C18H14FNO2/c19-17(15(21)11-10-12-6-2-1-3-7-12)16-13-8-4-5-9-14(13)20-18(16)22/h1-9H,10-11H2,(H,20,22)/b17-16+. The number of hydrogen-bond donors (Lipinski definition) is 1. The first-order valence-corrected chi connectivity index (χ1v) is 7.04. The highest BCUT2D eigenvalue weighted by Crippen LogP contribution is 2.34. The molecule has 1 N–H and O–H groups in total. The van der Waals surface area contributed by atoms with E-state index in [0.29, 0.717) is 17.7 Å². The lowest BCUT2D eigenvalue weighted by Crippen LogP contribution is -2.09. The van der Waals surface area contributed by atoms with Gasteiger partial charge in [-0.2, -0.15) is 0 Å². The summed E-state index contributed by atoms with van der Waals surface area (Å²) in [5.74, 6) is -2.17. The normalized spacial score (nSPS) is 15.2. The van der Waals surface area contributed by atoms with Crippen molar-refractivity contribution in [2.24, 2.45) is 0 Å². The number of amides is 1. The summed E-state index contributed by atoms with van der Waals surface area (Å²) < 4.78 is 14.4. The third-order valence-electron chi connectivity index (χ3n) is 3.62. The van der Waals surface area contributed by atoms with Crippen LogP contribution in [0.1, 0.15) is 17.5 Å². The molecule has 22 heavy (non-hydrogen) atoms. The molecule has 1 heterocycles. The van der Waals surface area contributed by atoms with Gasteiger partial charge in [0, 0.05) is 17.7 Å². The Bertz CT molecular complexity index is 766. The van der Waals surface area contributed by atoms with Crippen molar-refractivity contribution in [1.82, 2.24) is 0 Å². The molecule has 1 aliphatic heterocycles. The Hall–Kier alpha value is -2.75. The van der Waals surface area contributed by atoms with Gasteiger partial charge in [-0.25, -0.2) is 4.39 Å². The van der Waals surface area contributed by atoms with Gasteiger partial charge in [0.2, 0.25) is 0 Å². The van der Waals surface area contributed by atoms with E-state index in [9.17, 15) is 14.0 Å². The lowest BCUT2D eigenvalue weighted by Gasteiger charge is -2.02. The number of rotatable bonds is 4. The smallest absolute Gasteiger partial charge is 0.259 e. The van der Waals surface area contributed by atoms with Gasteiger partial charge in [0.15, 0.2) is 11.6 Å². The van der Waals surface area contributed by atoms with E-state index in [1.165, 1.54) is 0 Å². The minimum Gasteiger partial charge on any atom is -0.321 e. The van der Waals surface area contributed by atoms with E-state index in [1.54, 1.807) is 24.3 Å². The second-order valence-corrected chi connectivity index (χ2v) is 5.10. The van der Waals surface area contributed by atoms with Crippen LogP contribution in [0.3, 0.4) is 0 Å². The van der Waals surface area contributed by atoms with Crippen LogP contribution in [0.4, 0.5) is 10.1 Å². The maximum Gasteiger partial charge on any atom is 0.259 e. The summed E-state index contributed by atoms with van der Waals surface area (Å²) >= 11 is 0. The predicted molar refractivity (Wildman–Crippen MR) is 82.9 cm³/mol. The van der Waals surface area contributed by atoms with E-state index in [-0.39, 0.29) is 12.0 Å². The van der Waals surface area contributed by atoms with E-state index < -0.39 is 17.5 Å². The number of allylic oxidation sites excluding steroid dienone is 1. The Labute approximate surface area is 127 Å². The molecule has 2 aromatic rings. The molecule has 3 rings (SSSR count). The van der Waals surface area contributed by atoms with Gasteiger partial charge in [0.1, 0.15) is 0 Å².